The van der Waals surface area contributed by atoms with Gasteiger partial charge < -0.3 is 23.2 Å². The summed E-state index contributed by atoms with van der Waals surface area (Å²) in [5.41, 5.74) is 1.14. The first-order chi connectivity index (χ1) is 11.0. The smallest absolute Gasteiger partial charge is 0.496 e. The van der Waals surface area contributed by atoms with Gasteiger partial charge >= 0.3 is 51.4 Å². The van der Waals surface area contributed by atoms with Crippen molar-refractivity contribution < 1.29 is 56.1 Å². The first-order valence-electron chi connectivity index (χ1n) is 7.26. The number of ether oxygens (including phenoxy) is 1. The van der Waals surface area contributed by atoms with Crippen molar-refractivity contribution in [1.82, 2.24) is 9.55 Å². The number of methoxy groups -OCH3 is 1. The molecule has 1 N–H and O–H groups in total. The molecule has 2 aromatic rings. The third-order valence-electron chi connectivity index (χ3n) is 3.73. The normalized spacial score (nSPS) is 10.5. The summed E-state index contributed by atoms with van der Waals surface area (Å²) < 4.78 is 7.65. The fourth-order valence-corrected chi connectivity index (χ4v) is 2.84. The van der Waals surface area contributed by atoms with Gasteiger partial charge in [0.2, 0.25) is 0 Å². The second-order valence-electron chi connectivity index (χ2n) is 5.22. The fourth-order valence-electron chi connectivity index (χ4n) is 2.39. The van der Waals surface area contributed by atoms with Crippen LogP contribution in [0.3, 0.4) is 0 Å². The van der Waals surface area contributed by atoms with Crippen molar-refractivity contribution in [3.8, 4) is 17.0 Å². The summed E-state index contributed by atoms with van der Waals surface area (Å²) in [5, 5.41) is 0.560. The summed E-state index contributed by atoms with van der Waals surface area (Å²) >= 11 is 11.5. The van der Waals surface area contributed by atoms with Crippen LogP contribution in [0.15, 0.2) is 29.1 Å². The Hall–Kier alpha value is 0.0464. The van der Waals surface area contributed by atoms with E-state index in [0.717, 1.165) is 18.4 Å². The number of hydrogen-bond donors (Lipinski definition) is 1. The number of rotatable bonds is 6. The molecule has 0 spiro atoms. The zero-order valence-corrected chi connectivity index (χ0v) is 18.7. The minimum Gasteiger partial charge on any atom is -0.496 e. The number of halogens is 1. The molecule has 0 unspecified atom stereocenters. The molecular formula is C17H19ClKN2O2S-. The maximum Gasteiger partial charge on any atom is 1.00 e. The first-order valence-corrected chi connectivity index (χ1v) is 8.05. The molecule has 0 amide bonds. The van der Waals surface area contributed by atoms with Crippen LogP contribution < -0.4 is 61.7 Å². The molecule has 0 saturated carbocycles. The molecule has 2 rings (SSSR count). The molecule has 0 fully saturated rings. The third-order valence-corrected chi connectivity index (χ3v) is 4.29. The van der Waals surface area contributed by atoms with Crippen LogP contribution in [0, 0.1) is 24.5 Å². The monoisotopic (exact) mass is 389 g/mol. The molecule has 24 heavy (non-hydrogen) atoms. The van der Waals surface area contributed by atoms with Crippen molar-refractivity contribution in [2.75, 3.05) is 7.11 Å². The van der Waals surface area contributed by atoms with Crippen molar-refractivity contribution >= 4 is 23.8 Å². The van der Waals surface area contributed by atoms with Gasteiger partial charge in [0.15, 0.2) is 4.77 Å². The third kappa shape index (κ3) is 5.27. The molecule has 1 aromatic carbocycles. The van der Waals surface area contributed by atoms with E-state index in [2.05, 4.69) is 18.8 Å². The molecule has 0 aliphatic rings. The fraction of sp³-hybridized carbons (Fsp3) is 0.294. The summed E-state index contributed by atoms with van der Waals surface area (Å²) in [4.78, 5) is 14.6. The number of aromatic nitrogens is 2. The maximum atomic E-state index is 11.9. The average molecular weight is 390 g/mol. The van der Waals surface area contributed by atoms with E-state index < -0.39 is 0 Å². The molecule has 0 bridgehead atoms. The summed E-state index contributed by atoms with van der Waals surface area (Å²) in [6.07, 6.45) is 1.47. The molecule has 1 aromatic heterocycles. The maximum absolute atomic E-state index is 11.9. The topological polar surface area (TPSA) is 47.0 Å². The molecule has 0 aliphatic heterocycles. The van der Waals surface area contributed by atoms with Crippen LogP contribution in [0.4, 0.5) is 0 Å². The molecule has 0 atom stereocenters. The van der Waals surface area contributed by atoms with Crippen molar-refractivity contribution in [3.05, 3.63) is 58.3 Å². The van der Waals surface area contributed by atoms with Crippen LogP contribution >= 0.6 is 23.8 Å². The van der Waals surface area contributed by atoms with E-state index in [9.17, 15) is 4.79 Å². The van der Waals surface area contributed by atoms with Gasteiger partial charge in [-0.05, 0) is 30.4 Å². The average Bonchev–Trinajstić information content (AvgIpc) is 2.53. The van der Waals surface area contributed by atoms with Crippen LogP contribution in [0.2, 0.25) is 5.02 Å². The Labute approximate surface area is 195 Å². The van der Waals surface area contributed by atoms with Crippen LogP contribution in [0.1, 0.15) is 12.8 Å². The second kappa shape index (κ2) is 10.3. The Morgan fingerprint density at radius 3 is 2.58 bits per heavy atom. The molecular weight excluding hydrogens is 371 g/mol. The first kappa shape index (κ1) is 22.1. The van der Waals surface area contributed by atoms with Gasteiger partial charge in [0, 0.05) is 23.2 Å². The molecule has 124 valence electrons. The minimum atomic E-state index is -0.260. The zero-order chi connectivity index (χ0) is 17.0. The molecule has 0 radical (unpaired) electrons. The van der Waals surface area contributed by atoms with E-state index in [-0.39, 0.29) is 62.9 Å². The number of aromatic amines is 1. The van der Waals surface area contributed by atoms with Crippen LogP contribution in [-0.2, 0) is 6.54 Å². The number of hydrogen-bond acceptors (Lipinski definition) is 3. The quantitative estimate of drug-likeness (QED) is 0.460. The molecule has 0 saturated heterocycles. The number of H-pyrrole nitrogens is 1. The van der Waals surface area contributed by atoms with Gasteiger partial charge in [-0.25, -0.2) is 0 Å². The Morgan fingerprint density at radius 1 is 1.33 bits per heavy atom. The van der Waals surface area contributed by atoms with Gasteiger partial charge in [-0.3, -0.25) is 9.78 Å². The minimum absolute atomic E-state index is 0. The predicted molar refractivity (Wildman–Crippen MR) is 96.3 cm³/mol. The van der Waals surface area contributed by atoms with E-state index >= 15 is 0 Å². The van der Waals surface area contributed by atoms with Gasteiger partial charge in [-0.2, -0.15) is 12.8 Å². The van der Waals surface area contributed by atoms with Crippen LogP contribution in [-0.4, -0.2) is 16.7 Å². The Bertz CT molecular complexity index is 800. The van der Waals surface area contributed by atoms with Crippen LogP contribution in [0.25, 0.3) is 11.3 Å². The number of nitrogens with zero attached hydrogens (tertiary/aromatic N) is 1. The Balaban J connectivity index is 0.00000288. The van der Waals surface area contributed by atoms with E-state index in [4.69, 9.17) is 28.6 Å². The van der Waals surface area contributed by atoms with Gasteiger partial charge in [-0.15, -0.1) is 0 Å². The molecule has 4 nitrogen and oxygen atoms in total. The van der Waals surface area contributed by atoms with Gasteiger partial charge in [0.25, 0.3) is 5.56 Å². The summed E-state index contributed by atoms with van der Waals surface area (Å²) in [6, 6.07) is 6.79. The predicted octanol–water partition coefficient (Wildman–Crippen LogP) is 1.30. The van der Waals surface area contributed by atoms with Gasteiger partial charge in [0.05, 0.1) is 12.8 Å². The largest absolute Gasteiger partial charge is 1.00 e. The summed E-state index contributed by atoms with van der Waals surface area (Å²) in [6.45, 7) is 8.51. The number of benzene rings is 1. The molecule has 1 heterocycles. The zero-order valence-electron chi connectivity index (χ0n) is 14.0. The summed E-state index contributed by atoms with van der Waals surface area (Å²) in [7, 11) is 1.58. The molecule has 0 aliphatic carbocycles. The standard InChI is InChI=1S/C17H19ClN2O2S.K/c1-4-11(5-2)10-20-14(9-16(21)19-17(20)23)13-8-12(18)6-7-15(13)22-3;/h6-9,11H,1-2,4-5,10H2,3H3,(H,19,21,23);/q-2;+1. The Morgan fingerprint density at radius 2 is 2.00 bits per heavy atom. The van der Waals surface area contributed by atoms with Gasteiger partial charge in [0.1, 0.15) is 5.75 Å². The number of nitrogens with one attached hydrogen (secondary N) is 1. The van der Waals surface area contributed by atoms with Crippen LogP contribution in [0.5, 0.6) is 5.75 Å². The van der Waals surface area contributed by atoms with E-state index in [1.54, 1.807) is 25.3 Å². The van der Waals surface area contributed by atoms with Gasteiger partial charge in [-0.1, -0.05) is 17.5 Å². The SMILES string of the molecule is [CH2-]CC(C[CH2-])Cn1c(-c2cc(Cl)ccc2OC)cc(=O)[nH]c1=S.[K+]. The Kier molecular flexibility index (Phi) is 9.44. The van der Waals surface area contributed by atoms with E-state index in [1.165, 1.54) is 6.07 Å². The van der Waals surface area contributed by atoms with Crippen molar-refractivity contribution in [3.63, 3.8) is 0 Å². The summed E-state index contributed by atoms with van der Waals surface area (Å²) in [5.74, 6) is 0.889. The van der Waals surface area contributed by atoms with Crippen molar-refractivity contribution in [2.24, 2.45) is 5.92 Å². The van der Waals surface area contributed by atoms with E-state index in [0.29, 0.717) is 27.8 Å². The van der Waals surface area contributed by atoms with Crippen molar-refractivity contribution in [2.45, 2.75) is 19.4 Å². The van der Waals surface area contributed by atoms with Crippen molar-refractivity contribution in [1.29, 1.82) is 0 Å². The molecule has 7 heteroatoms. The van der Waals surface area contributed by atoms with E-state index in [1.807, 2.05) is 4.57 Å². The second-order valence-corrected chi connectivity index (χ2v) is 6.05.